The highest BCUT2D eigenvalue weighted by atomic mass is 32.2. The van der Waals surface area contributed by atoms with Gasteiger partial charge in [-0.2, -0.15) is 0 Å². The van der Waals surface area contributed by atoms with E-state index in [0.717, 1.165) is 41.5 Å². The number of hydrogen-bond acceptors (Lipinski definition) is 7. The smallest absolute Gasteiger partial charge is 0.413 e. The summed E-state index contributed by atoms with van der Waals surface area (Å²) in [5.74, 6) is -0.482. The zero-order chi connectivity index (χ0) is 18.8. The van der Waals surface area contributed by atoms with Crippen molar-refractivity contribution in [3.63, 3.8) is 0 Å². The zero-order valence-electron chi connectivity index (χ0n) is 15.0. The quantitative estimate of drug-likeness (QED) is 0.632. The van der Waals surface area contributed by atoms with Crippen LogP contribution in [0.5, 0.6) is 0 Å². The van der Waals surface area contributed by atoms with Crippen molar-refractivity contribution in [3.05, 3.63) is 20.8 Å². The first-order chi connectivity index (χ1) is 12.5. The SMILES string of the molecule is CCn1c(S[C@@H](C)C(=O)NC(=O)OC)nc2sc3c(c2c1=O)CCCC3. The molecule has 9 heteroatoms. The number of alkyl carbamates (subject to hydrolysis) is 1. The Bertz CT molecular complexity index is 919. The van der Waals surface area contributed by atoms with Gasteiger partial charge in [0.2, 0.25) is 5.91 Å². The number of nitrogens with zero attached hydrogens (tertiary/aromatic N) is 2. The number of carbonyl (C=O) groups excluding carboxylic acids is 2. The fraction of sp³-hybridized carbons (Fsp3) is 0.529. The number of ether oxygens (including phenoxy) is 1. The molecule has 0 bridgehead atoms. The third kappa shape index (κ3) is 3.50. The van der Waals surface area contributed by atoms with E-state index in [0.29, 0.717) is 11.7 Å². The van der Waals surface area contributed by atoms with Gasteiger partial charge in [0, 0.05) is 11.4 Å². The fourth-order valence-electron chi connectivity index (χ4n) is 3.05. The van der Waals surface area contributed by atoms with E-state index >= 15 is 0 Å². The zero-order valence-corrected chi connectivity index (χ0v) is 16.6. The largest absolute Gasteiger partial charge is 0.453 e. The van der Waals surface area contributed by atoms with Gasteiger partial charge in [-0.05, 0) is 45.1 Å². The minimum atomic E-state index is -0.801. The number of aromatic nitrogens is 2. The number of nitrogens with one attached hydrogen (secondary N) is 1. The summed E-state index contributed by atoms with van der Waals surface area (Å²) in [5.41, 5.74) is 1.11. The van der Waals surface area contributed by atoms with Crippen LogP contribution in [-0.4, -0.2) is 33.9 Å². The van der Waals surface area contributed by atoms with Crippen LogP contribution in [0, 0.1) is 0 Å². The third-order valence-corrected chi connectivity index (χ3v) is 6.69. The Morgan fingerprint density at radius 3 is 2.81 bits per heavy atom. The van der Waals surface area contributed by atoms with Gasteiger partial charge in [0.05, 0.1) is 17.7 Å². The molecule has 140 valence electrons. The van der Waals surface area contributed by atoms with Crippen LogP contribution in [0.1, 0.15) is 37.1 Å². The van der Waals surface area contributed by atoms with Crippen molar-refractivity contribution < 1.29 is 14.3 Å². The van der Waals surface area contributed by atoms with Crippen LogP contribution >= 0.6 is 23.1 Å². The Hall–Kier alpha value is -1.87. The average Bonchev–Trinajstić information content (AvgIpc) is 3.00. The van der Waals surface area contributed by atoms with Gasteiger partial charge < -0.3 is 4.74 Å². The van der Waals surface area contributed by atoms with Gasteiger partial charge >= 0.3 is 6.09 Å². The van der Waals surface area contributed by atoms with Crippen LogP contribution in [-0.2, 0) is 28.9 Å². The number of aryl methyl sites for hydroxylation is 2. The fourth-order valence-corrected chi connectivity index (χ4v) is 5.33. The van der Waals surface area contributed by atoms with Crippen LogP contribution in [0.15, 0.2) is 9.95 Å². The average molecular weight is 396 g/mol. The van der Waals surface area contributed by atoms with Crippen LogP contribution in [0.3, 0.4) is 0 Å². The topological polar surface area (TPSA) is 90.3 Å². The number of rotatable bonds is 4. The van der Waals surface area contributed by atoms with E-state index in [9.17, 15) is 14.4 Å². The summed E-state index contributed by atoms with van der Waals surface area (Å²) in [5, 5.41) is 2.79. The van der Waals surface area contributed by atoms with E-state index in [4.69, 9.17) is 0 Å². The van der Waals surface area contributed by atoms with Gasteiger partial charge in [-0.15, -0.1) is 11.3 Å². The molecule has 0 radical (unpaired) electrons. The molecule has 0 fully saturated rings. The maximum Gasteiger partial charge on any atom is 0.413 e. The Labute approximate surface area is 159 Å². The number of hydrogen-bond donors (Lipinski definition) is 1. The van der Waals surface area contributed by atoms with E-state index < -0.39 is 17.3 Å². The standard InChI is InChI=1S/C17H21N3O4S2/c1-4-20-15(22)12-10-7-5-6-8-11(10)26-14(12)19-16(20)25-9(2)13(21)18-17(23)24-3/h9H,4-8H2,1-3H3,(H,18,21,23)/t9-/m0/s1. The van der Waals surface area contributed by atoms with E-state index in [1.54, 1.807) is 22.8 Å². The van der Waals surface area contributed by atoms with Gasteiger partial charge in [0.25, 0.3) is 5.56 Å². The molecule has 0 aliphatic heterocycles. The highest BCUT2D eigenvalue weighted by Crippen LogP contribution is 2.35. The minimum absolute atomic E-state index is 0.0417. The van der Waals surface area contributed by atoms with Gasteiger partial charge in [0.1, 0.15) is 4.83 Å². The maximum atomic E-state index is 13.0. The second kappa shape index (κ2) is 7.79. The highest BCUT2D eigenvalue weighted by molar-refractivity contribution is 8.00. The molecule has 2 aromatic heterocycles. The number of thiophene rings is 1. The summed E-state index contributed by atoms with van der Waals surface area (Å²) in [6.45, 7) is 4.02. The summed E-state index contributed by atoms with van der Waals surface area (Å²) < 4.78 is 6.05. The molecule has 0 saturated heterocycles. The van der Waals surface area contributed by atoms with Gasteiger partial charge in [0.15, 0.2) is 5.16 Å². The summed E-state index contributed by atoms with van der Waals surface area (Å²) in [7, 11) is 1.20. The third-order valence-electron chi connectivity index (χ3n) is 4.42. The molecule has 1 aliphatic carbocycles. The number of fused-ring (bicyclic) bond motifs is 3. The number of thioether (sulfide) groups is 1. The lowest BCUT2D eigenvalue weighted by Gasteiger charge is -2.14. The van der Waals surface area contributed by atoms with Crippen molar-refractivity contribution in [2.24, 2.45) is 0 Å². The highest BCUT2D eigenvalue weighted by Gasteiger charge is 2.24. The maximum absolute atomic E-state index is 13.0. The second-order valence-electron chi connectivity index (χ2n) is 6.08. The van der Waals surface area contributed by atoms with Crippen LogP contribution in [0.4, 0.5) is 4.79 Å². The summed E-state index contributed by atoms with van der Waals surface area (Å²) in [6, 6.07) is 0. The van der Waals surface area contributed by atoms with Crippen molar-refractivity contribution in [2.75, 3.05) is 7.11 Å². The lowest BCUT2D eigenvalue weighted by Crippen LogP contribution is -2.36. The molecule has 0 saturated carbocycles. The Morgan fingerprint density at radius 1 is 1.38 bits per heavy atom. The van der Waals surface area contributed by atoms with E-state index in [1.165, 1.54) is 23.7 Å². The van der Waals surface area contributed by atoms with E-state index in [-0.39, 0.29) is 5.56 Å². The molecule has 7 nitrogen and oxygen atoms in total. The molecule has 0 unspecified atom stereocenters. The molecule has 2 amide bonds. The molecule has 1 aliphatic rings. The normalized spacial score (nSPS) is 14.7. The van der Waals surface area contributed by atoms with Gasteiger partial charge in [-0.25, -0.2) is 9.78 Å². The molecule has 0 aromatic carbocycles. The summed E-state index contributed by atoms with van der Waals surface area (Å²) >= 11 is 2.75. The minimum Gasteiger partial charge on any atom is -0.453 e. The summed E-state index contributed by atoms with van der Waals surface area (Å²) in [6.07, 6.45) is 3.38. The second-order valence-corrected chi connectivity index (χ2v) is 8.47. The molecule has 0 spiro atoms. The van der Waals surface area contributed by atoms with Crippen molar-refractivity contribution >= 4 is 45.3 Å². The Morgan fingerprint density at radius 2 is 2.12 bits per heavy atom. The monoisotopic (exact) mass is 395 g/mol. The first-order valence-electron chi connectivity index (χ1n) is 8.56. The first kappa shape index (κ1) is 18.9. The molecule has 1 N–H and O–H groups in total. The lowest BCUT2D eigenvalue weighted by molar-refractivity contribution is -0.119. The van der Waals surface area contributed by atoms with Gasteiger partial charge in [-0.1, -0.05) is 11.8 Å². The van der Waals surface area contributed by atoms with Crippen molar-refractivity contribution in [3.8, 4) is 0 Å². The molecule has 2 aromatic rings. The molecular formula is C17H21N3O4S2. The Balaban J connectivity index is 1.97. The first-order valence-corrected chi connectivity index (χ1v) is 10.3. The van der Waals surface area contributed by atoms with Crippen molar-refractivity contribution in [1.29, 1.82) is 0 Å². The lowest BCUT2D eigenvalue weighted by atomic mass is 9.97. The van der Waals surface area contributed by atoms with E-state index in [2.05, 4.69) is 15.0 Å². The van der Waals surface area contributed by atoms with Crippen molar-refractivity contribution in [1.82, 2.24) is 14.9 Å². The predicted molar refractivity (Wildman–Crippen MR) is 102 cm³/mol. The molecule has 2 heterocycles. The summed E-state index contributed by atoms with van der Waals surface area (Å²) in [4.78, 5) is 43.0. The number of imide groups is 1. The van der Waals surface area contributed by atoms with Crippen LogP contribution in [0.2, 0.25) is 0 Å². The van der Waals surface area contributed by atoms with Crippen LogP contribution in [0.25, 0.3) is 10.2 Å². The molecule has 1 atom stereocenters. The van der Waals surface area contributed by atoms with E-state index in [1.807, 2.05) is 6.92 Å². The number of amides is 2. The van der Waals surface area contributed by atoms with Gasteiger partial charge in [-0.3, -0.25) is 19.5 Å². The predicted octanol–water partition coefficient (Wildman–Crippen LogP) is 2.72. The molecule has 3 rings (SSSR count). The number of carbonyl (C=O) groups is 2. The Kier molecular flexibility index (Phi) is 5.67. The molecular weight excluding hydrogens is 374 g/mol. The van der Waals surface area contributed by atoms with Crippen molar-refractivity contribution in [2.45, 2.75) is 56.5 Å². The molecule has 26 heavy (non-hydrogen) atoms. The van der Waals surface area contributed by atoms with Crippen LogP contribution < -0.4 is 10.9 Å². The number of methoxy groups -OCH3 is 1.